The summed E-state index contributed by atoms with van der Waals surface area (Å²) in [5, 5.41) is 13.8. The fraction of sp³-hybridized carbons (Fsp3) is 0.615. The number of nitrogens with zero attached hydrogens (tertiary/aromatic N) is 1. The van der Waals surface area contributed by atoms with Crippen molar-refractivity contribution in [2.75, 3.05) is 13.1 Å². The van der Waals surface area contributed by atoms with Crippen LogP contribution < -0.4 is 10.6 Å². The van der Waals surface area contributed by atoms with E-state index >= 15 is 0 Å². The van der Waals surface area contributed by atoms with Gasteiger partial charge in [0.1, 0.15) is 12.6 Å². The number of rotatable bonds is 5. The van der Waals surface area contributed by atoms with Crippen molar-refractivity contribution in [3.05, 3.63) is 0 Å². The van der Waals surface area contributed by atoms with Crippen LogP contribution in [0.2, 0.25) is 0 Å². The molecule has 0 aliphatic carbocycles. The van der Waals surface area contributed by atoms with Gasteiger partial charge in [-0.15, -0.1) is 6.42 Å². The van der Waals surface area contributed by atoms with Crippen LogP contribution in [0.3, 0.4) is 0 Å². The zero-order chi connectivity index (χ0) is 15.9. The third-order valence-corrected chi connectivity index (χ3v) is 2.13. The van der Waals surface area contributed by atoms with Crippen LogP contribution in [0.4, 0.5) is 4.79 Å². The fourth-order valence-electron chi connectivity index (χ4n) is 1.29. The molecule has 20 heavy (non-hydrogen) atoms. The number of aliphatic carboxylic acids is 1. The number of carboxylic acid groups (broad SMARTS) is 1. The van der Waals surface area contributed by atoms with Crippen molar-refractivity contribution in [1.29, 1.82) is 0 Å². The Kier molecular flexibility index (Phi) is 6.56. The molecule has 0 spiro atoms. The first-order chi connectivity index (χ1) is 9.06. The van der Waals surface area contributed by atoms with Gasteiger partial charge in [-0.05, 0) is 27.7 Å². The van der Waals surface area contributed by atoms with E-state index in [4.69, 9.17) is 11.5 Å². The van der Waals surface area contributed by atoms with E-state index < -0.39 is 30.1 Å². The number of carbonyl (C=O) groups is 3. The molecule has 112 valence electrons. The van der Waals surface area contributed by atoms with Gasteiger partial charge >= 0.3 is 12.0 Å². The van der Waals surface area contributed by atoms with E-state index in [1.165, 1.54) is 6.92 Å². The number of amides is 3. The molecule has 0 aliphatic heterocycles. The van der Waals surface area contributed by atoms with E-state index in [9.17, 15) is 14.4 Å². The van der Waals surface area contributed by atoms with Gasteiger partial charge in [-0.2, -0.15) is 0 Å². The summed E-state index contributed by atoms with van der Waals surface area (Å²) in [6.45, 7) is 6.28. The number of hydrogen-bond donors (Lipinski definition) is 3. The van der Waals surface area contributed by atoms with Gasteiger partial charge in [-0.3, -0.25) is 9.59 Å². The van der Waals surface area contributed by atoms with Crippen molar-refractivity contribution in [2.45, 2.75) is 39.3 Å². The Morgan fingerprint density at radius 1 is 1.35 bits per heavy atom. The first kappa shape index (κ1) is 17.8. The number of nitrogens with one attached hydrogen (secondary N) is 2. The minimum atomic E-state index is -1.18. The molecule has 1 atom stereocenters. The minimum absolute atomic E-state index is 0.147. The van der Waals surface area contributed by atoms with E-state index in [1.54, 1.807) is 0 Å². The van der Waals surface area contributed by atoms with Crippen LogP contribution in [0.5, 0.6) is 0 Å². The number of carboxylic acids is 1. The van der Waals surface area contributed by atoms with Crippen LogP contribution in [-0.4, -0.2) is 52.6 Å². The van der Waals surface area contributed by atoms with Gasteiger partial charge in [0.25, 0.3) is 0 Å². The summed E-state index contributed by atoms with van der Waals surface area (Å²) < 4.78 is 0. The lowest BCUT2D eigenvalue weighted by atomic mass is 10.1. The smallest absolute Gasteiger partial charge is 0.323 e. The number of terminal acetylenes is 1. The largest absolute Gasteiger partial charge is 0.480 e. The van der Waals surface area contributed by atoms with E-state index in [2.05, 4.69) is 16.6 Å². The Balaban J connectivity index is 4.59. The zero-order valence-corrected chi connectivity index (χ0v) is 12.2. The summed E-state index contributed by atoms with van der Waals surface area (Å²) in [6, 6.07) is -1.49. The lowest BCUT2D eigenvalue weighted by molar-refractivity contribution is -0.137. The highest BCUT2D eigenvalue weighted by Gasteiger charge is 2.23. The maximum absolute atomic E-state index is 11.8. The van der Waals surface area contributed by atoms with Crippen LogP contribution in [0, 0.1) is 12.3 Å². The number of urea groups is 1. The lowest BCUT2D eigenvalue weighted by Crippen LogP contribution is -2.54. The van der Waals surface area contributed by atoms with Gasteiger partial charge in [-0.1, -0.05) is 5.92 Å². The summed E-state index contributed by atoms with van der Waals surface area (Å²) >= 11 is 0. The van der Waals surface area contributed by atoms with Crippen molar-refractivity contribution in [1.82, 2.24) is 15.5 Å². The second-order valence-electron chi connectivity index (χ2n) is 5.36. The van der Waals surface area contributed by atoms with Crippen LogP contribution in [-0.2, 0) is 9.59 Å². The minimum Gasteiger partial charge on any atom is -0.480 e. The molecule has 1 unspecified atom stereocenters. The van der Waals surface area contributed by atoms with Gasteiger partial charge < -0.3 is 20.6 Å². The molecule has 0 saturated carbocycles. The Morgan fingerprint density at radius 3 is 2.30 bits per heavy atom. The molecule has 0 bridgehead atoms. The quantitative estimate of drug-likeness (QED) is 0.619. The van der Waals surface area contributed by atoms with Gasteiger partial charge in [-0.25, -0.2) is 4.79 Å². The molecule has 0 aromatic rings. The Bertz CT molecular complexity index is 420. The first-order valence-corrected chi connectivity index (χ1v) is 6.09. The highest BCUT2D eigenvalue weighted by Crippen LogP contribution is 2.00. The molecule has 7 nitrogen and oxygen atoms in total. The molecule has 0 saturated heterocycles. The average molecular weight is 283 g/mol. The molecule has 3 N–H and O–H groups in total. The standard InChI is InChI=1S/C13H21N3O4/c1-6-7-16(8-10(17)18)12(20)14-9(2)11(19)15-13(3,4)5/h1,9H,7-8H2,2-5H3,(H,14,20)(H,15,19)(H,17,18). The maximum atomic E-state index is 11.8. The highest BCUT2D eigenvalue weighted by molar-refractivity contribution is 5.88. The topological polar surface area (TPSA) is 98.7 Å². The molecular formula is C13H21N3O4. The van der Waals surface area contributed by atoms with E-state index in [1.807, 2.05) is 20.8 Å². The SMILES string of the molecule is C#CCN(CC(=O)O)C(=O)NC(C)C(=O)NC(C)(C)C. The van der Waals surface area contributed by atoms with Crippen molar-refractivity contribution < 1.29 is 19.5 Å². The zero-order valence-electron chi connectivity index (χ0n) is 12.2. The molecule has 7 heteroatoms. The summed E-state index contributed by atoms with van der Waals surface area (Å²) in [7, 11) is 0. The van der Waals surface area contributed by atoms with Gasteiger partial charge in [0.05, 0.1) is 6.54 Å². The third kappa shape index (κ3) is 7.26. The van der Waals surface area contributed by atoms with E-state index in [0.717, 1.165) is 4.90 Å². The molecular weight excluding hydrogens is 262 g/mol. The van der Waals surface area contributed by atoms with E-state index in [0.29, 0.717) is 0 Å². The summed E-state index contributed by atoms with van der Waals surface area (Å²) in [5.41, 5.74) is -0.421. The second-order valence-corrected chi connectivity index (χ2v) is 5.36. The molecule has 0 radical (unpaired) electrons. The predicted octanol–water partition coefficient (Wildman–Crippen LogP) is 0.0190. The molecule has 3 amide bonds. The predicted molar refractivity (Wildman–Crippen MR) is 73.9 cm³/mol. The summed E-state index contributed by atoms with van der Waals surface area (Å²) in [4.78, 5) is 35.2. The normalized spacial score (nSPS) is 11.9. The van der Waals surface area contributed by atoms with Crippen LogP contribution in [0.1, 0.15) is 27.7 Å². The van der Waals surface area contributed by atoms with Crippen LogP contribution >= 0.6 is 0 Å². The van der Waals surface area contributed by atoms with E-state index in [-0.39, 0.29) is 12.5 Å². The van der Waals surface area contributed by atoms with Gasteiger partial charge in [0.2, 0.25) is 5.91 Å². The Labute approximate surface area is 118 Å². The summed E-state index contributed by atoms with van der Waals surface area (Å²) in [5.74, 6) is 0.658. The third-order valence-electron chi connectivity index (χ3n) is 2.13. The molecule has 0 aromatic carbocycles. The molecule has 0 fully saturated rings. The monoisotopic (exact) mass is 283 g/mol. The highest BCUT2D eigenvalue weighted by atomic mass is 16.4. The second kappa shape index (κ2) is 7.38. The molecule has 0 aliphatic rings. The lowest BCUT2D eigenvalue weighted by Gasteiger charge is -2.25. The Morgan fingerprint density at radius 2 is 1.90 bits per heavy atom. The van der Waals surface area contributed by atoms with Crippen LogP contribution in [0.25, 0.3) is 0 Å². The molecule has 0 rings (SSSR count). The molecule has 0 aromatic heterocycles. The van der Waals surface area contributed by atoms with Crippen molar-refractivity contribution in [2.24, 2.45) is 0 Å². The van der Waals surface area contributed by atoms with Gasteiger partial charge in [0, 0.05) is 5.54 Å². The average Bonchev–Trinajstić information content (AvgIpc) is 2.25. The Hall–Kier alpha value is -2.23. The van der Waals surface area contributed by atoms with Crippen molar-refractivity contribution >= 4 is 17.9 Å². The first-order valence-electron chi connectivity index (χ1n) is 6.09. The number of carbonyl (C=O) groups excluding carboxylic acids is 2. The number of hydrogen-bond acceptors (Lipinski definition) is 3. The molecule has 0 heterocycles. The van der Waals surface area contributed by atoms with Crippen molar-refractivity contribution in [3.63, 3.8) is 0 Å². The fourth-order valence-corrected chi connectivity index (χ4v) is 1.29. The van der Waals surface area contributed by atoms with Gasteiger partial charge in [0.15, 0.2) is 0 Å². The summed E-state index contributed by atoms with van der Waals surface area (Å²) in [6.07, 6.45) is 5.07. The van der Waals surface area contributed by atoms with Crippen LogP contribution in [0.15, 0.2) is 0 Å². The van der Waals surface area contributed by atoms with Crippen molar-refractivity contribution in [3.8, 4) is 12.3 Å². The maximum Gasteiger partial charge on any atom is 0.323 e.